The monoisotopic (exact) mass is 402 g/mol. The van der Waals surface area contributed by atoms with Gasteiger partial charge in [-0.2, -0.15) is 0 Å². The lowest BCUT2D eigenvalue weighted by atomic mass is 10.1. The molecule has 1 atom stereocenters. The maximum Gasteiger partial charge on any atom is 0.251 e. The van der Waals surface area contributed by atoms with Gasteiger partial charge in [0.1, 0.15) is 6.10 Å². The van der Waals surface area contributed by atoms with Crippen molar-refractivity contribution < 1.29 is 14.3 Å². The van der Waals surface area contributed by atoms with Crippen LogP contribution in [-0.4, -0.2) is 73.7 Å². The second-order valence-electron chi connectivity index (χ2n) is 7.89. The third-order valence-electron chi connectivity index (χ3n) is 5.36. The minimum absolute atomic E-state index is 0.145. The molecular formula is C22H34N4O3. The lowest BCUT2D eigenvalue weighted by molar-refractivity contribution is -0.142. The van der Waals surface area contributed by atoms with Gasteiger partial charge in [0.15, 0.2) is 5.96 Å². The first-order valence-corrected chi connectivity index (χ1v) is 10.6. The van der Waals surface area contributed by atoms with Gasteiger partial charge in [0.2, 0.25) is 0 Å². The summed E-state index contributed by atoms with van der Waals surface area (Å²) < 4.78 is 11.2. The van der Waals surface area contributed by atoms with Crippen molar-refractivity contribution in [3.8, 4) is 0 Å². The average molecular weight is 403 g/mol. The Bertz CT molecular complexity index is 676. The van der Waals surface area contributed by atoms with Crippen molar-refractivity contribution in [2.45, 2.75) is 52.0 Å². The maximum atomic E-state index is 12.5. The Morgan fingerprint density at radius 3 is 2.41 bits per heavy atom. The quantitative estimate of drug-likeness (QED) is 0.582. The van der Waals surface area contributed by atoms with Crippen LogP contribution in [0, 0.1) is 0 Å². The Morgan fingerprint density at radius 1 is 1.17 bits per heavy atom. The molecule has 1 amide bonds. The van der Waals surface area contributed by atoms with Gasteiger partial charge in [-0.15, -0.1) is 0 Å². The van der Waals surface area contributed by atoms with E-state index < -0.39 is 0 Å². The summed E-state index contributed by atoms with van der Waals surface area (Å²) >= 11 is 0. The van der Waals surface area contributed by atoms with Gasteiger partial charge >= 0.3 is 0 Å². The van der Waals surface area contributed by atoms with Crippen LogP contribution in [0.5, 0.6) is 0 Å². The molecule has 2 heterocycles. The number of nitrogens with one attached hydrogen (secondary N) is 1. The van der Waals surface area contributed by atoms with Crippen LogP contribution < -0.4 is 5.32 Å². The molecule has 29 heavy (non-hydrogen) atoms. The molecule has 0 saturated carbocycles. The SMILES string of the molecule is CN=C(NCc1ccc(COC(C)C)cc1)N1CCN(C(=O)C2CCCO2)CC1. The van der Waals surface area contributed by atoms with E-state index in [1.807, 2.05) is 18.7 Å². The molecule has 0 aromatic heterocycles. The van der Waals surface area contributed by atoms with Crippen molar-refractivity contribution in [3.05, 3.63) is 35.4 Å². The Labute approximate surface area is 174 Å². The zero-order valence-electron chi connectivity index (χ0n) is 17.9. The van der Waals surface area contributed by atoms with E-state index in [0.29, 0.717) is 32.8 Å². The molecule has 7 nitrogen and oxygen atoms in total. The molecule has 1 unspecified atom stereocenters. The number of aliphatic imine (C=N–C) groups is 1. The third-order valence-corrected chi connectivity index (χ3v) is 5.36. The maximum absolute atomic E-state index is 12.5. The number of ether oxygens (including phenoxy) is 2. The first-order chi connectivity index (χ1) is 14.1. The second-order valence-corrected chi connectivity index (χ2v) is 7.89. The standard InChI is InChI=1S/C22H34N4O3/c1-17(2)29-16-19-8-6-18(7-9-19)15-24-22(23-3)26-12-10-25(11-13-26)21(27)20-5-4-14-28-20/h6-9,17,20H,4-5,10-16H2,1-3H3,(H,23,24). The van der Waals surface area contributed by atoms with Crippen molar-refractivity contribution in [3.63, 3.8) is 0 Å². The van der Waals surface area contributed by atoms with Crippen LogP contribution in [0.3, 0.4) is 0 Å². The van der Waals surface area contributed by atoms with E-state index in [1.54, 1.807) is 7.05 Å². The minimum atomic E-state index is -0.229. The van der Waals surface area contributed by atoms with Crippen LogP contribution in [0.25, 0.3) is 0 Å². The highest BCUT2D eigenvalue weighted by Gasteiger charge is 2.30. The summed E-state index contributed by atoms with van der Waals surface area (Å²) in [5.41, 5.74) is 2.38. The van der Waals surface area contributed by atoms with Crippen LogP contribution in [-0.2, 0) is 27.4 Å². The lowest BCUT2D eigenvalue weighted by Crippen LogP contribution is -2.55. The third kappa shape index (κ3) is 6.18. The summed E-state index contributed by atoms with van der Waals surface area (Å²) in [6.45, 7) is 9.14. The predicted molar refractivity (Wildman–Crippen MR) is 114 cm³/mol. The molecule has 2 aliphatic heterocycles. The highest BCUT2D eigenvalue weighted by atomic mass is 16.5. The molecule has 3 rings (SSSR count). The smallest absolute Gasteiger partial charge is 0.251 e. The number of piperazine rings is 1. The fraction of sp³-hybridized carbons (Fsp3) is 0.636. The molecular weight excluding hydrogens is 368 g/mol. The predicted octanol–water partition coefficient (Wildman–Crippen LogP) is 2.01. The Morgan fingerprint density at radius 2 is 1.83 bits per heavy atom. The largest absolute Gasteiger partial charge is 0.374 e. The fourth-order valence-electron chi connectivity index (χ4n) is 3.64. The number of rotatable bonds is 6. The van der Waals surface area contributed by atoms with E-state index in [9.17, 15) is 4.79 Å². The number of hydrogen-bond acceptors (Lipinski definition) is 4. The first-order valence-electron chi connectivity index (χ1n) is 10.6. The second kappa shape index (κ2) is 10.6. The van der Waals surface area contributed by atoms with Crippen LogP contribution in [0.1, 0.15) is 37.8 Å². The average Bonchev–Trinajstić information content (AvgIpc) is 3.28. The summed E-state index contributed by atoms with van der Waals surface area (Å²) in [5.74, 6) is 1.02. The van der Waals surface area contributed by atoms with Crippen LogP contribution in [0.2, 0.25) is 0 Å². The topological polar surface area (TPSA) is 66.4 Å². The van der Waals surface area contributed by atoms with Gasteiger partial charge < -0.3 is 24.6 Å². The molecule has 160 valence electrons. The van der Waals surface area contributed by atoms with Crippen molar-refractivity contribution in [1.29, 1.82) is 0 Å². The highest BCUT2D eigenvalue weighted by Crippen LogP contribution is 2.16. The number of carbonyl (C=O) groups excluding carboxylic acids is 1. The number of benzene rings is 1. The lowest BCUT2D eigenvalue weighted by Gasteiger charge is -2.37. The van der Waals surface area contributed by atoms with E-state index in [-0.39, 0.29) is 18.1 Å². The van der Waals surface area contributed by atoms with Crippen LogP contribution >= 0.6 is 0 Å². The van der Waals surface area contributed by atoms with E-state index in [1.165, 1.54) is 11.1 Å². The van der Waals surface area contributed by atoms with Crippen LogP contribution in [0.15, 0.2) is 29.3 Å². The molecule has 1 aromatic rings. The van der Waals surface area contributed by atoms with Crippen molar-refractivity contribution in [2.75, 3.05) is 39.8 Å². The molecule has 2 saturated heterocycles. The summed E-state index contributed by atoms with van der Waals surface area (Å²) in [6.07, 6.45) is 1.84. The molecule has 7 heteroatoms. The summed E-state index contributed by atoms with van der Waals surface area (Å²) in [7, 11) is 1.80. The number of nitrogens with zero attached hydrogens (tertiary/aromatic N) is 3. The summed E-state index contributed by atoms with van der Waals surface area (Å²) in [6, 6.07) is 8.46. The van der Waals surface area contributed by atoms with E-state index in [0.717, 1.165) is 31.9 Å². The Kier molecular flexibility index (Phi) is 7.89. The molecule has 0 aliphatic carbocycles. The highest BCUT2D eigenvalue weighted by molar-refractivity contribution is 5.82. The Balaban J connectivity index is 1.44. The van der Waals surface area contributed by atoms with Gasteiger partial charge in [-0.1, -0.05) is 24.3 Å². The van der Waals surface area contributed by atoms with Gasteiger partial charge in [0, 0.05) is 46.4 Å². The van der Waals surface area contributed by atoms with Gasteiger partial charge in [-0.3, -0.25) is 9.79 Å². The molecule has 2 aliphatic rings. The van der Waals surface area contributed by atoms with Crippen LogP contribution in [0.4, 0.5) is 0 Å². The first kappa shape index (κ1) is 21.6. The molecule has 0 spiro atoms. The molecule has 1 aromatic carbocycles. The fourth-order valence-corrected chi connectivity index (χ4v) is 3.64. The van der Waals surface area contributed by atoms with Crippen molar-refractivity contribution in [1.82, 2.24) is 15.1 Å². The zero-order valence-corrected chi connectivity index (χ0v) is 17.9. The van der Waals surface area contributed by atoms with Gasteiger partial charge in [0.25, 0.3) is 5.91 Å². The van der Waals surface area contributed by atoms with E-state index >= 15 is 0 Å². The van der Waals surface area contributed by atoms with E-state index in [2.05, 4.69) is 39.5 Å². The van der Waals surface area contributed by atoms with Gasteiger partial charge in [-0.05, 0) is 37.8 Å². The normalized spacial score (nSPS) is 20.4. The molecule has 0 radical (unpaired) electrons. The minimum Gasteiger partial charge on any atom is -0.374 e. The van der Waals surface area contributed by atoms with Crippen molar-refractivity contribution in [2.24, 2.45) is 4.99 Å². The number of amides is 1. The number of guanidine groups is 1. The molecule has 0 bridgehead atoms. The Hall–Kier alpha value is -2.12. The summed E-state index contributed by atoms with van der Waals surface area (Å²) in [4.78, 5) is 21.1. The summed E-state index contributed by atoms with van der Waals surface area (Å²) in [5, 5.41) is 3.44. The van der Waals surface area contributed by atoms with Crippen molar-refractivity contribution >= 4 is 11.9 Å². The van der Waals surface area contributed by atoms with E-state index in [4.69, 9.17) is 9.47 Å². The number of hydrogen-bond donors (Lipinski definition) is 1. The molecule has 1 N–H and O–H groups in total. The number of carbonyl (C=O) groups is 1. The van der Waals surface area contributed by atoms with Gasteiger partial charge in [-0.25, -0.2) is 0 Å². The van der Waals surface area contributed by atoms with Gasteiger partial charge in [0.05, 0.1) is 12.7 Å². The molecule has 2 fully saturated rings. The zero-order chi connectivity index (χ0) is 20.6.